The molecule has 0 amide bonds. The Labute approximate surface area is 286 Å². The van der Waals surface area contributed by atoms with Crippen LogP contribution in [-0.2, 0) is 47.9 Å². The third kappa shape index (κ3) is 7.46. The molecule has 0 saturated carbocycles. The number of nitrogens with two attached hydrogens (primary N) is 2. The second-order valence-electron chi connectivity index (χ2n) is 11.3. The van der Waals surface area contributed by atoms with Crippen molar-refractivity contribution < 1.29 is 80.5 Å². The number of H-pyrrole nitrogens is 2. The number of hydrogen-bond donors (Lipinski definition) is 11. The fourth-order valence-corrected chi connectivity index (χ4v) is 8.96. The molecule has 2 aliphatic heterocycles. The maximum absolute atomic E-state index is 12.5. The van der Waals surface area contributed by atoms with E-state index in [0.29, 0.717) is 0 Å². The number of imidazole rings is 2. The number of aliphatic hydroxyl groups is 4. The maximum Gasteiger partial charge on any atom is 0.490 e. The molecule has 52 heavy (non-hydrogen) atoms. The highest BCUT2D eigenvalue weighted by Crippen LogP contribution is 2.67. The standard InChI is InChI=1S/C21H29N10O18P3/c1-29-5-31(15-9(29)17(37)28-21(23)26-15)19-13(35)11(33)7(47-19)3-45-51(40,41)49-52(42,43)48-50(38,39)44-2-6-10(32)12(34)18(46-6)30-4-24-8-14(30)25-20(22)27-16(8)36/h4-7,10-13,18-19,32-35H,2-3H2,1H3,(H8-,22,23,25,26,27,28,36,37,38,39,40,41,42,43)/p+1/t6-,7-,10+,11+,12?,13?,18-,19-/m1/s1. The first kappa shape index (κ1) is 38.2. The summed E-state index contributed by atoms with van der Waals surface area (Å²) in [4.78, 5) is 70.6. The Balaban J connectivity index is 1.05. The maximum atomic E-state index is 12.5. The summed E-state index contributed by atoms with van der Waals surface area (Å²) in [7, 11) is -15.9. The lowest BCUT2D eigenvalue weighted by atomic mass is 10.1. The Bertz CT molecular complexity index is 2280. The molecule has 0 radical (unpaired) electrons. The summed E-state index contributed by atoms with van der Waals surface area (Å²) >= 11 is 0. The number of fused-ring (bicyclic) bond motifs is 2. The van der Waals surface area contributed by atoms with Crippen molar-refractivity contribution in [2.75, 3.05) is 24.7 Å². The highest BCUT2D eigenvalue weighted by atomic mass is 31.3. The van der Waals surface area contributed by atoms with Crippen molar-refractivity contribution in [1.29, 1.82) is 0 Å². The van der Waals surface area contributed by atoms with Gasteiger partial charge in [0.1, 0.15) is 36.6 Å². The minimum Gasteiger partial charge on any atom is -0.387 e. The molecule has 6 heterocycles. The van der Waals surface area contributed by atoms with Gasteiger partial charge in [-0.15, -0.1) is 0 Å². The molecular weight excluding hydrogens is 773 g/mol. The Morgan fingerprint density at radius 3 is 2.04 bits per heavy atom. The lowest BCUT2D eigenvalue weighted by Gasteiger charge is -2.21. The predicted octanol–water partition coefficient (Wildman–Crippen LogP) is -4.55. The van der Waals surface area contributed by atoms with Crippen molar-refractivity contribution in [3.05, 3.63) is 33.4 Å². The van der Waals surface area contributed by atoms with Gasteiger partial charge < -0.3 is 56.0 Å². The van der Waals surface area contributed by atoms with Gasteiger partial charge in [-0.3, -0.25) is 37.7 Å². The van der Waals surface area contributed by atoms with E-state index in [2.05, 4.69) is 42.6 Å². The summed E-state index contributed by atoms with van der Waals surface area (Å²) in [6, 6.07) is 0. The molecular formula is C21H30N10O18P3+. The zero-order chi connectivity index (χ0) is 38.1. The molecule has 11 atom stereocenters. The molecule has 2 saturated heterocycles. The summed E-state index contributed by atoms with van der Waals surface area (Å²) in [6.45, 7) is -2.18. The van der Waals surface area contributed by atoms with E-state index >= 15 is 0 Å². The molecule has 13 N–H and O–H groups in total. The summed E-state index contributed by atoms with van der Waals surface area (Å²) in [6.07, 6.45) is -11.0. The molecule has 28 nitrogen and oxygen atoms in total. The number of aliphatic hydroxyl groups excluding tert-OH is 4. The second kappa shape index (κ2) is 13.7. The van der Waals surface area contributed by atoms with E-state index in [1.807, 2.05) is 0 Å². The van der Waals surface area contributed by atoms with E-state index < -0.39 is 96.9 Å². The van der Waals surface area contributed by atoms with Crippen molar-refractivity contribution in [2.45, 2.75) is 49.1 Å². The second-order valence-corrected chi connectivity index (χ2v) is 15.9. The number of anilines is 2. The molecule has 0 aromatic carbocycles. The molecule has 5 unspecified atom stereocenters. The van der Waals surface area contributed by atoms with Crippen LogP contribution in [0.5, 0.6) is 0 Å². The van der Waals surface area contributed by atoms with Crippen molar-refractivity contribution in [2.24, 2.45) is 7.05 Å². The van der Waals surface area contributed by atoms with Crippen LogP contribution >= 0.6 is 23.5 Å². The lowest BCUT2D eigenvalue weighted by Crippen LogP contribution is -2.46. The molecule has 2 fully saturated rings. The van der Waals surface area contributed by atoms with E-state index in [1.165, 1.54) is 17.9 Å². The summed E-state index contributed by atoms with van der Waals surface area (Å²) in [5, 5.41) is 42.0. The number of aryl methyl sites for hydroxylation is 1. The van der Waals surface area contributed by atoms with Gasteiger partial charge in [0.15, 0.2) is 23.7 Å². The zero-order valence-corrected chi connectivity index (χ0v) is 28.7. The van der Waals surface area contributed by atoms with Gasteiger partial charge in [-0.05, 0) is 0 Å². The van der Waals surface area contributed by atoms with Crippen LogP contribution in [0, 0.1) is 0 Å². The van der Waals surface area contributed by atoms with Gasteiger partial charge >= 0.3 is 29.1 Å². The molecule has 286 valence electrons. The third-order valence-electron chi connectivity index (χ3n) is 7.68. The summed E-state index contributed by atoms with van der Waals surface area (Å²) < 4.78 is 69.1. The average molecular weight is 803 g/mol. The van der Waals surface area contributed by atoms with Gasteiger partial charge in [0, 0.05) is 0 Å². The van der Waals surface area contributed by atoms with Crippen molar-refractivity contribution in [1.82, 2.24) is 34.1 Å². The zero-order valence-electron chi connectivity index (χ0n) is 26.0. The summed E-state index contributed by atoms with van der Waals surface area (Å²) in [5.41, 5.74) is 9.37. The average Bonchev–Trinajstić information content (AvgIpc) is 3.74. The molecule has 0 bridgehead atoms. The van der Waals surface area contributed by atoms with Gasteiger partial charge in [0.25, 0.3) is 17.1 Å². The van der Waals surface area contributed by atoms with Crippen LogP contribution in [0.25, 0.3) is 22.3 Å². The number of aromatic amines is 2. The first-order chi connectivity index (χ1) is 24.2. The molecule has 4 aromatic rings. The van der Waals surface area contributed by atoms with Gasteiger partial charge in [-0.2, -0.15) is 13.6 Å². The minimum absolute atomic E-state index is 0.00983. The number of aromatic nitrogens is 8. The molecule has 4 aromatic heterocycles. The van der Waals surface area contributed by atoms with Crippen LogP contribution in [0.2, 0.25) is 0 Å². The molecule has 2 aliphatic rings. The van der Waals surface area contributed by atoms with E-state index in [0.717, 1.165) is 15.5 Å². The Hall–Kier alpha value is -3.53. The van der Waals surface area contributed by atoms with E-state index in [-0.39, 0.29) is 34.2 Å². The van der Waals surface area contributed by atoms with Crippen molar-refractivity contribution in [3.63, 3.8) is 0 Å². The fourth-order valence-electron chi connectivity index (χ4n) is 5.44. The van der Waals surface area contributed by atoms with Crippen molar-refractivity contribution in [3.8, 4) is 0 Å². The SMILES string of the molecule is Cn1c[n+]([C@@H]2O[C@H](COP(=O)(O)OP(=O)(O)OP(=O)(O)OC[C@H]3O[C@@H](n4cnc5c(=O)[nH]c(N)nc54)C(O)[C@H]3O)[C@H](O)C2O)c2nc(N)[nH]c(=O)c21. The highest BCUT2D eigenvalue weighted by molar-refractivity contribution is 7.66. The topological polar surface area (TPSA) is 418 Å². The van der Waals surface area contributed by atoms with Gasteiger partial charge in [-0.1, -0.05) is 4.98 Å². The monoisotopic (exact) mass is 803 g/mol. The predicted molar refractivity (Wildman–Crippen MR) is 164 cm³/mol. The third-order valence-corrected chi connectivity index (χ3v) is 11.9. The first-order valence-corrected chi connectivity index (χ1v) is 18.9. The number of nitrogens with zero attached hydrogens (tertiary/aromatic N) is 6. The van der Waals surface area contributed by atoms with Crippen LogP contribution < -0.4 is 27.2 Å². The van der Waals surface area contributed by atoms with Crippen LogP contribution in [0.1, 0.15) is 12.5 Å². The smallest absolute Gasteiger partial charge is 0.387 e. The van der Waals surface area contributed by atoms with E-state index in [4.69, 9.17) is 20.9 Å². The first-order valence-electron chi connectivity index (χ1n) is 14.4. The number of ether oxygens (including phenoxy) is 2. The molecule has 0 spiro atoms. The largest absolute Gasteiger partial charge is 0.490 e. The van der Waals surface area contributed by atoms with Crippen LogP contribution in [-0.4, -0.2) is 119 Å². The normalized spacial score (nSPS) is 30.1. The van der Waals surface area contributed by atoms with E-state index in [1.54, 1.807) is 0 Å². The number of nitrogens with one attached hydrogen (secondary N) is 2. The Morgan fingerprint density at radius 2 is 1.40 bits per heavy atom. The lowest BCUT2D eigenvalue weighted by molar-refractivity contribution is -0.745. The van der Waals surface area contributed by atoms with Gasteiger partial charge in [0.2, 0.25) is 17.7 Å². The number of phosphoric acid groups is 3. The Morgan fingerprint density at radius 1 is 0.846 bits per heavy atom. The molecule has 6 rings (SSSR count). The van der Waals surface area contributed by atoms with Crippen LogP contribution in [0.4, 0.5) is 11.9 Å². The fraction of sp³-hybridized carbons (Fsp3) is 0.524. The minimum atomic E-state index is -6.00. The van der Waals surface area contributed by atoms with Crippen LogP contribution in [0.3, 0.4) is 0 Å². The summed E-state index contributed by atoms with van der Waals surface area (Å²) in [5.74, 6) is -0.590. The molecule has 31 heteroatoms. The van der Waals surface area contributed by atoms with Crippen molar-refractivity contribution >= 4 is 57.7 Å². The number of nitrogen functional groups attached to an aromatic ring is 2. The number of hydrogen-bond acceptors (Lipinski definition) is 20. The molecule has 0 aliphatic carbocycles. The Kier molecular flexibility index (Phi) is 10.1. The number of phosphoric ester groups is 2. The van der Waals surface area contributed by atoms with Crippen LogP contribution in [0.15, 0.2) is 22.2 Å². The highest BCUT2D eigenvalue weighted by Gasteiger charge is 2.50. The van der Waals surface area contributed by atoms with Gasteiger partial charge in [0.05, 0.1) is 26.6 Å². The van der Waals surface area contributed by atoms with Gasteiger partial charge in [-0.25, -0.2) is 23.2 Å². The quantitative estimate of drug-likeness (QED) is 0.0474. The van der Waals surface area contributed by atoms with E-state index in [9.17, 15) is 58.4 Å². The number of rotatable bonds is 12.